The van der Waals surface area contributed by atoms with E-state index in [0.29, 0.717) is 12.8 Å². The summed E-state index contributed by atoms with van der Waals surface area (Å²) in [6, 6.07) is -6.45. The van der Waals surface area contributed by atoms with E-state index in [4.69, 9.17) is 17.2 Å². The summed E-state index contributed by atoms with van der Waals surface area (Å²) >= 11 is 0. The fraction of sp³-hybridized carbons (Fsp3) is 0.581. The van der Waals surface area contributed by atoms with Gasteiger partial charge >= 0.3 is 5.97 Å². The molecule has 27 heteroatoms. The van der Waals surface area contributed by atoms with Crippen LogP contribution in [0.25, 0.3) is 10.9 Å². The number of carboxylic acid groups (broad SMARTS) is 1. The van der Waals surface area contributed by atoms with Crippen LogP contribution in [0.15, 0.2) is 30.5 Å². The van der Waals surface area contributed by atoms with Crippen LogP contribution in [0.2, 0.25) is 0 Å². The second kappa shape index (κ2) is 29.3. The van der Waals surface area contributed by atoms with Crippen LogP contribution in [0.3, 0.4) is 0 Å². The van der Waals surface area contributed by atoms with Gasteiger partial charge in [-0.15, -0.1) is 0 Å². The van der Waals surface area contributed by atoms with Gasteiger partial charge in [-0.2, -0.15) is 0 Å². The maximum atomic E-state index is 13.7. The highest BCUT2D eigenvalue weighted by Crippen LogP contribution is 2.19. The normalized spacial score (nSPS) is 15.5. The largest absolute Gasteiger partial charge is 0.481 e. The summed E-state index contributed by atoms with van der Waals surface area (Å²) in [5.41, 5.74) is 18.5. The van der Waals surface area contributed by atoms with Gasteiger partial charge in [0.05, 0.1) is 44.8 Å². The number of primary amides is 1. The lowest BCUT2D eigenvalue weighted by Gasteiger charge is -2.28. The minimum Gasteiger partial charge on any atom is -0.481 e. The highest BCUT2D eigenvalue weighted by atomic mass is 16.4. The molecule has 27 nitrogen and oxygen atoms in total. The first-order valence-corrected chi connectivity index (χ1v) is 22.4. The van der Waals surface area contributed by atoms with Gasteiger partial charge in [-0.05, 0) is 63.6 Å². The van der Waals surface area contributed by atoms with Crippen molar-refractivity contribution in [2.24, 2.45) is 23.1 Å². The van der Waals surface area contributed by atoms with Crippen molar-refractivity contribution in [3.63, 3.8) is 0 Å². The predicted molar refractivity (Wildman–Crippen MR) is 248 cm³/mol. The zero-order chi connectivity index (χ0) is 52.8. The van der Waals surface area contributed by atoms with Crippen molar-refractivity contribution in [2.75, 3.05) is 26.4 Å². The molecule has 0 aliphatic carbocycles. The van der Waals surface area contributed by atoms with Crippen LogP contribution in [0, 0.1) is 5.92 Å². The highest BCUT2D eigenvalue weighted by molar-refractivity contribution is 5.99. The molecule has 1 heterocycles. The van der Waals surface area contributed by atoms with E-state index in [1.165, 1.54) is 0 Å². The summed E-state index contributed by atoms with van der Waals surface area (Å²) in [7, 11) is 0. The molecule has 1 aromatic carbocycles. The van der Waals surface area contributed by atoms with Gasteiger partial charge in [0.15, 0.2) is 0 Å². The van der Waals surface area contributed by atoms with Gasteiger partial charge in [0.25, 0.3) is 0 Å². The Bertz CT molecular complexity index is 2140. The smallest absolute Gasteiger partial charge is 0.305 e. The molecular formula is C43H68N12O15. The van der Waals surface area contributed by atoms with Crippen molar-refractivity contribution < 1.29 is 73.5 Å². The van der Waals surface area contributed by atoms with Crippen molar-refractivity contribution in [2.45, 2.75) is 127 Å². The third kappa shape index (κ3) is 19.0. The number of hydrogen-bond donors (Lipinski definition) is 17. The molecule has 0 fully saturated rings. The van der Waals surface area contributed by atoms with Gasteiger partial charge in [-0.3, -0.25) is 47.9 Å². The number of benzene rings is 1. The molecule has 2 aromatic rings. The van der Waals surface area contributed by atoms with Gasteiger partial charge < -0.3 is 90.3 Å². The number of aliphatic carboxylic acids is 1. The van der Waals surface area contributed by atoms with Crippen LogP contribution in [-0.2, 0) is 54.4 Å². The average Bonchev–Trinajstić information content (AvgIpc) is 3.70. The first kappa shape index (κ1) is 59.3. The molecule has 0 saturated carbocycles. The van der Waals surface area contributed by atoms with E-state index in [9.17, 15) is 73.5 Å². The van der Waals surface area contributed by atoms with Crippen molar-refractivity contribution >= 4 is 70.0 Å². The number of rotatable bonds is 31. The first-order chi connectivity index (χ1) is 33.0. The number of aromatic nitrogens is 1. The molecule has 70 heavy (non-hydrogen) atoms. The summed E-state index contributed by atoms with van der Waals surface area (Å²) in [6.07, 6.45) is -1.10. The van der Waals surface area contributed by atoms with Crippen molar-refractivity contribution in [3.05, 3.63) is 36.0 Å². The molecule has 390 valence electrons. The summed E-state index contributed by atoms with van der Waals surface area (Å²) in [4.78, 5) is 133. The number of carbonyl (C=O) groups is 10. The van der Waals surface area contributed by atoms with Crippen molar-refractivity contribution in [1.82, 2.24) is 47.5 Å². The van der Waals surface area contributed by atoms with E-state index in [1.807, 2.05) is 24.3 Å². The fourth-order valence-electron chi connectivity index (χ4n) is 6.74. The van der Waals surface area contributed by atoms with E-state index in [1.54, 1.807) is 27.0 Å². The maximum Gasteiger partial charge on any atom is 0.305 e. The standard InChI is InChI=1S/C43H68N12O15/c1-20(2)34(46)42(69)51-28(15-33(61)62)37(64)52-30(18-57)40(67)49-26(11-7-8-12-44)36(63)50-27(14-32(45)60)38(65)55-35(22(4)59)43(70)54-31(19-58)41(68)53-29(17-56)39(66)48-21(3)13-23-16-47-25-10-6-5-9-24(23)25/h5-6,9-10,16,20-22,26-31,34-35,47,56-59H,7-8,11-15,17-19,44,46H2,1-4H3,(H2,45,60)(H,48,66)(H,49,67)(H,50,63)(H,51,69)(H,52,64)(H,53,68)(H,54,70)(H,55,65)(H,61,62)/t21-,22-,26+,27+,28+,29+,30+,31+,34+,35+/m1/s1. The van der Waals surface area contributed by atoms with E-state index >= 15 is 0 Å². The summed E-state index contributed by atoms with van der Waals surface area (Å²) in [6.45, 7) is 3.07. The number of H-pyrrole nitrogens is 1. The Morgan fingerprint density at radius 2 is 1.06 bits per heavy atom. The van der Waals surface area contributed by atoms with E-state index in [2.05, 4.69) is 47.5 Å². The Balaban J connectivity index is 2.19. The Morgan fingerprint density at radius 3 is 1.57 bits per heavy atom. The SMILES string of the molecule is CC(C)[C@H](N)C(=O)N[C@@H](CC(=O)O)C(=O)N[C@@H](CO)C(=O)N[C@@H](CCCCN)C(=O)N[C@@H](CC(N)=O)C(=O)N[C@H](C(=O)N[C@@H](CO)C(=O)N[C@@H](CO)C(=O)N[C@H](C)Cc1c[nH]c2ccccc12)[C@@H](C)O. The number of unbranched alkanes of at least 4 members (excludes halogenated alkanes) is 1. The first-order valence-electron chi connectivity index (χ1n) is 22.4. The zero-order valence-corrected chi connectivity index (χ0v) is 39.4. The molecule has 9 amide bonds. The Hall–Kier alpha value is -6.78. The van der Waals surface area contributed by atoms with Crippen LogP contribution in [0.4, 0.5) is 0 Å². The second-order valence-electron chi connectivity index (χ2n) is 16.9. The van der Waals surface area contributed by atoms with Crippen LogP contribution >= 0.6 is 0 Å². The lowest BCUT2D eigenvalue weighted by Crippen LogP contribution is -2.63. The average molecular weight is 993 g/mol. The molecule has 20 N–H and O–H groups in total. The molecule has 10 atom stereocenters. The third-order valence-electron chi connectivity index (χ3n) is 10.7. The van der Waals surface area contributed by atoms with Crippen LogP contribution < -0.4 is 59.7 Å². The quantitative estimate of drug-likeness (QED) is 0.0312. The minimum atomic E-state index is -1.94. The maximum absolute atomic E-state index is 13.7. The summed E-state index contributed by atoms with van der Waals surface area (Å²) < 4.78 is 0. The number of carbonyl (C=O) groups excluding carboxylic acids is 9. The lowest BCUT2D eigenvalue weighted by atomic mass is 10.0. The van der Waals surface area contributed by atoms with E-state index in [0.717, 1.165) is 23.4 Å². The number of nitrogens with two attached hydrogens (primary N) is 3. The lowest BCUT2D eigenvalue weighted by molar-refractivity contribution is -0.141. The molecular weight excluding hydrogens is 925 g/mol. The number of aromatic amines is 1. The van der Waals surface area contributed by atoms with Crippen molar-refractivity contribution in [3.8, 4) is 0 Å². The number of aliphatic hydroxyl groups is 4. The Labute approximate surface area is 402 Å². The van der Waals surface area contributed by atoms with Gasteiger partial charge in [-0.25, -0.2) is 0 Å². The number of carboxylic acids is 1. The molecule has 2 rings (SSSR count). The topological polar surface area (TPSA) is 462 Å². The fourth-order valence-corrected chi connectivity index (χ4v) is 6.74. The number of nitrogens with one attached hydrogen (secondary N) is 9. The monoisotopic (exact) mass is 992 g/mol. The molecule has 0 bridgehead atoms. The highest BCUT2D eigenvalue weighted by Gasteiger charge is 2.36. The molecule has 0 unspecified atom stereocenters. The van der Waals surface area contributed by atoms with Gasteiger partial charge in [-0.1, -0.05) is 32.0 Å². The van der Waals surface area contributed by atoms with Crippen LogP contribution in [0.5, 0.6) is 0 Å². The van der Waals surface area contributed by atoms with Gasteiger partial charge in [0.1, 0.15) is 42.3 Å². The minimum absolute atomic E-state index is 0.146. The molecule has 0 saturated heterocycles. The summed E-state index contributed by atoms with van der Waals surface area (Å²) in [5.74, 6) is -11.9. The number of fused-ring (bicyclic) bond motifs is 1. The molecule has 0 aliphatic heterocycles. The molecule has 0 radical (unpaired) electrons. The summed E-state index contributed by atoms with van der Waals surface area (Å²) in [5, 5.41) is 68.9. The van der Waals surface area contributed by atoms with Crippen molar-refractivity contribution in [1.29, 1.82) is 0 Å². The number of amides is 9. The van der Waals surface area contributed by atoms with E-state index in [-0.39, 0.29) is 19.4 Å². The predicted octanol–water partition coefficient (Wildman–Crippen LogP) is -6.57. The van der Waals surface area contributed by atoms with Crippen LogP contribution in [-0.4, -0.2) is 176 Å². The zero-order valence-electron chi connectivity index (χ0n) is 39.4. The van der Waals surface area contributed by atoms with E-state index < -0.39 is 158 Å². The Kier molecular flexibility index (Phi) is 24.8. The van der Waals surface area contributed by atoms with Gasteiger partial charge in [0.2, 0.25) is 53.2 Å². The number of hydrogen-bond acceptors (Lipinski definition) is 16. The molecule has 0 spiro atoms. The molecule has 1 aromatic heterocycles. The number of para-hydroxylation sites is 1. The third-order valence-corrected chi connectivity index (χ3v) is 10.7. The Morgan fingerprint density at radius 1 is 0.600 bits per heavy atom. The van der Waals surface area contributed by atoms with Gasteiger partial charge in [0, 0.05) is 23.1 Å². The molecule has 0 aliphatic rings. The number of aliphatic hydroxyl groups excluding tert-OH is 4. The van der Waals surface area contributed by atoms with Crippen LogP contribution in [0.1, 0.15) is 65.4 Å². The second-order valence-corrected chi connectivity index (χ2v) is 16.9.